The van der Waals surface area contributed by atoms with E-state index in [9.17, 15) is 9.59 Å². The Labute approximate surface area is 87.0 Å². The van der Waals surface area contributed by atoms with E-state index in [1.54, 1.807) is 0 Å². The Hall–Kier alpha value is -1.46. The lowest BCUT2D eigenvalue weighted by molar-refractivity contribution is -0.155. The summed E-state index contributed by atoms with van der Waals surface area (Å²) >= 11 is 0. The highest BCUT2D eigenvalue weighted by atomic mass is 16.7. The molecule has 15 heavy (non-hydrogen) atoms. The average Bonchev–Trinajstić information content (AvgIpc) is 2.72. The summed E-state index contributed by atoms with van der Waals surface area (Å²) in [4.78, 5) is 22.9. The van der Waals surface area contributed by atoms with Gasteiger partial charge in [0.25, 0.3) is 0 Å². The molecule has 5 nitrogen and oxygen atoms in total. The highest BCUT2D eigenvalue weighted by molar-refractivity contribution is 6.08. The number of furan rings is 1. The molecular formula is C10H12O5. The van der Waals surface area contributed by atoms with E-state index in [0.29, 0.717) is 5.56 Å². The Morgan fingerprint density at radius 1 is 1.40 bits per heavy atom. The van der Waals surface area contributed by atoms with E-state index in [0.717, 1.165) is 0 Å². The Bertz CT molecular complexity index is 324. The Balaban J connectivity index is 2.55. The first kappa shape index (κ1) is 11.6. The number of carbonyl (C=O) groups is 2. The van der Waals surface area contributed by atoms with Crippen molar-refractivity contribution < 1.29 is 23.5 Å². The average molecular weight is 212 g/mol. The molecule has 0 aromatic carbocycles. The zero-order chi connectivity index (χ0) is 11.3. The molecule has 0 atom stereocenters. The summed E-state index contributed by atoms with van der Waals surface area (Å²) in [7, 11) is 2.68. The third-order valence-electron chi connectivity index (χ3n) is 1.87. The van der Waals surface area contributed by atoms with Gasteiger partial charge in [-0.2, -0.15) is 0 Å². The van der Waals surface area contributed by atoms with Crippen LogP contribution in [-0.4, -0.2) is 32.1 Å². The van der Waals surface area contributed by atoms with Gasteiger partial charge in [-0.15, -0.1) is 0 Å². The first-order valence-corrected chi connectivity index (χ1v) is 4.32. The zero-order valence-electron chi connectivity index (χ0n) is 8.56. The van der Waals surface area contributed by atoms with Crippen molar-refractivity contribution in [3.05, 3.63) is 24.2 Å². The van der Waals surface area contributed by atoms with E-state index >= 15 is 0 Å². The number of hydrogen-bond donors (Lipinski definition) is 0. The standard InChI is InChI=1S/C10H12O5/c1-13-10(14-2)9(12)5-8(11)7-3-4-15-6-7/h3-4,6,10H,5H2,1-2H3. The number of methoxy groups -OCH3 is 2. The third kappa shape index (κ3) is 3.00. The summed E-state index contributed by atoms with van der Waals surface area (Å²) in [5.41, 5.74) is 0.370. The Morgan fingerprint density at radius 2 is 2.07 bits per heavy atom. The molecule has 0 aliphatic heterocycles. The molecule has 1 rings (SSSR count). The van der Waals surface area contributed by atoms with Crippen LogP contribution in [-0.2, 0) is 14.3 Å². The maximum atomic E-state index is 11.5. The summed E-state index contributed by atoms with van der Waals surface area (Å²) < 4.78 is 14.2. The lowest BCUT2D eigenvalue weighted by Crippen LogP contribution is -2.26. The maximum Gasteiger partial charge on any atom is 0.217 e. The van der Waals surface area contributed by atoms with Gasteiger partial charge in [-0.05, 0) is 6.07 Å². The van der Waals surface area contributed by atoms with Gasteiger partial charge in [0.15, 0.2) is 11.6 Å². The maximum absolute atomic E-state index is 11.5. The lowest BCUT2D eigenvalue weighted by atomic mass is 10.1. The molecule has 0 saturated carbocycles. The molecule has 0 spiro atoms. The van der Waals surface area contributed by atoms with Crippen LogP contribution in [0.15, 0.2) is 23.0 Å². The predicted molar refractivity (Wildman–Crippen MR) is 50.5 cm³/mol. The molecule has 0 amide bonds. The predicted octanol–water partition coefficient (Wildman–Crippen LogP) is 1.04. The van der Waals surface area contributed by atoms with Crippen LogP contribution in [0.5, 0.6) is 0 Å². The molecule has 0 unspecified atom stereocenters. The van der Waals surface area contributed by atoms with Crippen molar-refractivity contribution in [1.29, 1.82) is 0 Å². The van der Waals surface area contributed by atoms with Crippen molar-refractivity contribution in [1.82, 2.24) is 0 Å². The van der Waals surface area contributed by atoms with Gasteiger partial charge in [-0.3, -0.25) is 9.59 Å². The molecule has 0 radical (unpaired) electrons. The SMILES string of the molecule is COC(OC)C(=O)CC(=O)c1ccoc1. The van der Waals surface area contributed by atoms with Crippen LogP contribution in [0.4, 0.5) is 0 Å². The van der Waals surface area contributed by atoms with E-state index in [1.807, 2.05) is 0 Å². The van der Waals surface area contributed by atoms with Gasteiger partial charge in [-0.25, -0.2) is 0 Å². The van der Waals surface area contributed by atoms with Gasteiger partial charge >= 0.3 is 0 Å². The number of ether oxygens (including phenoxy) is 2. The van der Waals surface area contributed by atoms with Crippen molar-refractivity contribution >= 4 is 11.6 Å². The van der Waals surface area contributed by atoms with Gasteiger partial charge in [0.05, 0.1) is 18.2 Å². The lowest BCUT2D eigenvalue weighted by Gasteiger charge is -2.10. The van der Waals surface area contributed by atoms with E-state index in [-0.39, 0.29) is 12.2 Å². The molecule has 0 saturated heterocycles. The highest BCUT2D eigenvalue weighted by Gasteiger charge is 2.21. The van der Waals surface area contributed by atoms with Crippen molar-refractivity contribution in [2.75, 3.05) is 14.2 Å². The van der Waals surface area contributed by atoms with Crippen LogP contribution in [0.3, 0.4) is 0 Å². The van der Waals surface area contributed by atoms with Gasteiger partial charge in [0.2, 0.25) is 6.29 Å². The second-order valence-electron chi connectivity index (χ2n) is 2.88. The van der Waals surface area contributed by atoms with Crippen LogP contribution >= 0.6 is 0 Å². The molecule has 82 valence electrons. The van der Waals surface area contributed by atoms with Crippen LogP contribution in [0.2, 0.25) is 0 Å². The topological polar surface area (TPSA) is 65.7 Å². The number of ketones is 2. The molecule has 1 aromatic rings. The quantitative estimate of drug-likeness (QED) is 0.400. The van der Waals surface area contributed by atoms with E-state index in [1.165, 1.54) is 32.8 Å². The molecule has 0 fully saturated rings. The number of hydrogen-bond acceptors (Lipinski definition) is 5. The second kappa shape index (κ2) is 5.43. The first-order chi connectivity index (χ1) is 7.19. The monoisotopic (exact) mass is 212 g/mol. The summed E-state index contributed by atoms with van der Waals surface area (Å²) in [6, 6.07) is 1.50. The number of Topliss-reactive ketones (excluding diaryl/α,β-unsaturated/α-hetero) is 2. The van der Waals surface area contributed by atoms with Crippen LogP contribution in [0.1, 0.15) is 16.8 Å². The van der Waals surface area contributed by atoms with E-state index < -0.39 is 12.1 Å². The summed E-state index contributed by atoms with van der Waals surface area (Å²) in [5, 5.41) is 0. The fraction of sp³-hybridized carbons (Fsp3) is 0.400. The smallest absolute Gasteiger partial charge is 0.217 e. The molecule has 1 heterocycles. The molecule has 0 aliphatic rings. The van der Waals surface area contributed by atoms with Crippen LogP contribution in [0, 0.1) is 0 Å². The number of carbonyl (C=O) groups excluding carboxylic acids is 2. The normalized spacial score (nSPS) is 10.6. The van der Waals surface area contributed by atoms with Crippen molar-refractivity contribution in [3.63, 3.8) is 0 Å². The molecule has 5 heteroatoms. The second-order valence-corrected chi connectivity index (χ2v) is 2.88. The summed E-state index contributed by atoms with van der Waals surface area (Å²) in [5.74, 6) is -0.723. The molecular weight excluding hydrogens is 200 g/mol. The largest absolute Gasteiger partial charge is 0.472 e. The van der Waals surface area contributed by atoms with Gasteiger partial charge in [0.1, 0.15) is 6.26 Å². The fourth-order valence-corrected chi connectivity index (χ4v) is 1.13. The molecule has 0 aliphatic carbocycles. The minimum Gasteiger partial charge on any atom is -0.472 e. The molecule has 0 bridgehead atoms. The fourth-order valence-electron chi connectivity index (χ4n) is 1.13. The minimum atomic E-state index is -0.985. The molecule has 0 N–H and O–H groups in total. The summed E-state index contributed by atoms with van der Waals surface area (Å²) in [6.45, 7) is 0. The summed E-state index contributed by atoms with van der Waals surface area (Å²) in [6.07, 6.45) is 1.43. The van der Waals surface area contributed by atoms with Crippen LogP contribution in [0.25, 0.3) is 0 Å². The van der Waals surface area contributed by atoms with E-state index in [4.69, 9.17) is 13.9 Å². The van der Waals surface area contributed by atoms with Crippen LogP contribution < -0.4 is 0 Å². The Kier molecular flexibility index (Phi) is 4.20. The zero-order valence-corrected chi connectivity index (χ0v) is 8.56. The highest BCUT2D eigenvalue weighted by Crippen LogP contribution is 2.07. The third-order valence-corrected chi connectivity index (χ3v) is 1.87. The minimum absolute atomic E-state index is 0.258. The van der Waals surface area contributed by atoms with Crippen molar-refractivity contribution in [2.45, 2.75) is 12.7 Å². The van der Waals surface area contributed by atoms with Gasteiger partial charge in [-0.1, -0.05) is 0 Å². The van der Waals surface area contributed by atoms with Crippen molar-refractivity contribution in [3.8, 4) is 0 Å². The van der Waals surface area contributed by atoms with Crippen molar-refractivity contribution in [2.24, 2.45) is 0 Å². The first-order valence-electron chi connectivity index (χ1n) is 4.32. The van der Waals surface area contributed by atoms with Gasteiger partial charge in [0, 0.05) is 14.2 Å². The number of rotatable bonds is 6. The van der Waals surface area contributed by atoms with Gasteiger partial charge < -0.3 is 13.9 Å². The van der Waals surface area contributed by atoms with E-state index in [2.05, 4.69) is 0 Å². The Morgan fingerprint density at radius 3 is 2.53 bits per heavy atom. The molecule has 1 aromatic heterocycles.